The number of carbonyl (C=O) groups is 1. The minimum absolute atomic E-state index is 0.120. The van der Waals surface area contributed by atoms with E-state index in [9.17, 15) is 4.79 Å². The van der Waals surface area contributed by atoms with Crippen LogP contribution in [0.5, 0.6) is 0 Å². The molecule has 1 N–H and O–H groups in total. The normalized spacial score (nSPS) is 10.6. The summed E-state index contributed by atoms with van der Waals surface area (Å²) in [5.74, 6) is 0.441. The number of nitrogens with zero attached hydrogens (tertiary/aromatic N) is 5. The summed E-state index contributed by atoms with van der Waals surface area (Å²) in [5.41, 5.74) is 3.89. The van der Waals surface area contributed by atoms with Gasteiger partial charge in [-0.1, -0.05) is 0 Å². The maximum Gasteiger partial charge on any atom is 0.257 e. The van der Waals surface area contributed by atoms with Crippen molar-refractivity contribution in [2.75, 3.05) is 7.05 Å². The van der Waals surface area contributed by atoms with Gasteiger partial charge in [-0.2, -0.15) is 5.10 Å². The van der Waals surface area contributed by atoms with Gasteiger partial charge in [-0.05, 0) is 26.0 Å². The van der Waals surface area contributed by atoms with Crippen LogP contribution in [-0.4, -0.2) is 43.0 Å². The van der Waals surface area contributed by atoms with Crippen LogP contribution in [0.3, 0.4) is 0 Å². The molecule has 0 saturated carbocycles. The standard InChI is InChI=1S/C17H18N6O/c1-11-14(8-20-22-11)10-23(3)17(24)15-9-19-16(21-12(15)2)13-5-4-6-18-7-13/h4-9H,10H2,1-3H3,(H,20,22). The molecule has 0 unspecified atom stereocenters. The van der Waals surface area contributed by atoms with Gasteiger partial charge in [-0.25, -0.2) is 9.97 Å². The van der Waals surface area contributed by atoms with Crippen molar-refractivity contribution in [3.8, 4) is 11.4 Å². The van der Waals surface area contributed by atoms with Crippen LogP contribution in [0.25, 0.3) is 11.4 Å². The number of rotatable bonds is 4. The zero-order chi connectivity index (χ0) is 17.1. The number of hydrogen-bond acceptors (Lipinski definition) is 5. The Bertz CT molecular complexity index is 859. The molecule has 0 aliphatic rings. The van der Waals surface area contributed by atoms with Crippen LogP contribution in [0.4, 0.5) is 0 Å². The van der Waals surface area contributed by atoms with E-state index in [0.29, 0.717) is 23.6 Å². The summed E-state index contributed by atoms with van der Waals surface area (Å²) in [6.07, 6.45) is 6.70. The molecule has 0 radical (unpaired) electrons. The second kappa shape index (κ2) is 6.57. The highest BCUT2D eigenvalue weighted by Crippen LogP contribution is 2.16. The number of aryl methyl sites for hydroxylation is 2. The minimum Gasteiger partial charge on any atom is -0.337 e. The van der Waals surface area contributed by atoms with Crippen molar-refractivity contribution < 1.29 is 4.79 Å². The smallest absolute Gasteiger partial charge is 0.257 e. The molecular weight excluding hydrogens is 304 g/mol. The fourth-order valence-corrected chi connectivity index (χ4v) is 2.38. The van der Waals surface area contributed by atoms with E-state index in [1.165, 1.54) is 0 Å². The summed E-state index contributed by atoms with van der Waals surface area (Å²) in [6.45, 7) is 4.22. The molecule has 0 aromatic carbocycles. The van der Waals surface area contributed by atoms with E-state index >= 15 is 0 Å². The molecule has 0 fully saturated rings. The lowest BCUT2D eigenvalue weighted by Gasteiger charge is -2.17. The van der Waals surface area contributed by atoms with Crippen molar-refractivity contribution in [2.45, 2.75) is 20.4 Å². The van der Waals surface area contributed by atoms with E-state index < -0.39 is 0 Å². The van der Waals surface area contributed by atoms with Gasteiger partial charge in [0, 0.05) is 49.0 Å². The predicted octanol–water partition coefficient (Wildman–Crippen LogP) is 2.15. The maximum atomic E-state index is 12.7. The molecule has 0 saturated heterocycles. The number of aromatic nitrogens is 5. The van der Waals surface area contributed by atoms with Crippen LogP contribution in [0.15, 0.2) is 36.9 Å². The average Bonchev–Trinajstić information content (AvgIpc) is 3.00. The van der Waals surface area contributed by atoms with Crippen LogP contribution in [0.1, 0.15) is 27.3 Å². The monoisotopic (exact) mass is 322 g/mol. The predicted molar refractivity (Wildman–Crippen MR) is 89.1 cm³/mol. The highest BCUT2D eigenvalue weighted by atomic mass is 16.2. The van der Waals surface area contributed by atoms with Crippen molar-refractivity contribution in [1.29, 1.82) is 0 Å². The number of carbonyl (C=O) groups excluding carboxylic acids is 1. The number of pyridine rings is 1. The third-order valence-electron chi connectivity index (χ3n) is 3.82. The number of H-pyrrole nitrogens is 1. The second-order valence-electron chi connectivity index (χ2n) is 5.62. The van der Waals surface area contributed by atoms with Crippen molar-refractivity contribution in [1.82, 2.24) is 30.0 Å². The van der Waals surface area contributed by atoms with Gasteiger partial charge in [-0.3, -0.25) is 14.9 Å². The van der Waals surface area contributed by atoms with Gasteiger partial charge in [0.25, 0.3) is 5.91 Å². The first-order valence-corrected chi connectivity index (χ1v) is 7.54. The summed E-state index contributed by atoms with van der Waals surface area (Å²) in [6, 6.07) is 3.71. The van der Waals surface area contributed by atoms with Crippen LogP contribution < -0.4 is 0 Å². The Kier molecular flexibility index (Phi) is 4.33. The van der Waals surface area contributed by atoms with Crippen LogP contribution in [-0.2, 0) is 6.54 Å². The number of amides is 1. The maximum absolute atomic E-state index is 12.7. The van der Waals surface area contributed by atoms with Gasteiger partial charge in [0.15, 0.2) is 5.82 Å². The average molecular weight is 322 g/mol. The number of nitrogens with one attached hydrogen (secondary N) is 1. The highest BCUT2D eigenvalue weighted by Gasteiger charge is 2.18. The van der Waals surface area contributed by atoms with E-state index in [2.05, 4.69) is 25.1 Å². The minimum atomic E-state index is -0.120. The van der Waals surface area contributed by atoms with Gasteiger partial charge in [0.05, 0.1) is 17.5 Å². The molecule has 0 bridgehead atoms. The highest BCUT2D eigenvalue weighted by molar-refractivity contribution is 5.94. The molecule has 3 aromatic rings. The van der Waals surface area contributed by atoms with Gasteiger partial charge >= 0.3 is 0 Å². The van der Waals surface area contributed by atoms with Gasteiger partial charge in [0.2, 0.25) is 0 Å². The van der Waals surface area contributed by atoms with Gasteiger partial charge in [0.1, 0.15) is 0 Å². The van der Waals surface area contributed by atoms with E-state index in [1.807, 2.05) is 26.0 Å². The van der Waals surface area contributed by atoms with Crippen molar-refractivity contribution in [3.63, 3.8) is 0 Å². The summed E-state index contributed by atoms with van der Waals surface area (Å²) in [5, 5.41) is 6.85. The summed E-state index contributed by atoms with van der Waals surface area (Å²) in [4.78, 5) is 27.1. The van der Waals surface area contributed by atoms with E-state index in [1.54, 1.807) is 36.7 Å². The zero-order valence-electron chi connectivity index (χ0n) is 13.8. The third kappa shape index (κ3) is 3.15. The Morgan fingerprint density at radius 1 is 1.25 bits per heavy atom. The summed E-state index contributed by atoms with van der Waals surface area (Å²) >= 11 is 0. The Balaban J connectivity index is 1.81. The first kappa shape index (κ1) is 15.8. The lowest BCUT2D eigenvalue weighted by atomic mass is 10.2. The molecule has 0 aliphatic heterocycles. The summed E-state index contributed by atoms with van der Waals surface area (Å²) in [7, 11) is 1.75. The van der Waals surface area contributed by atoms with Crippen LogP contribution >= 0.6 is 0 Å². The van der Waals surface area contributed by atoms with Crippen LogP contribution in [0, 0.1) is 13.8 Å². The Morgan fingerprint density at radius 3 is 2.71 bits per heavy atom. The van der Waals surface area contributed by atoms with Gasteiger partial charge < -0.3 is 4.90 Å². The molecule has 0 spiro atoms. The topological polar surface area (TPSA) is 87.7 Å². The first-order chi connectivity index (χ1) is 11.6. The summed E-state index contributed by atoms with van der Waals surface area (Å²) < 4.78 is 0. The van der Waals surface area contributed by atoms with Crippen molar-refractivity contribution in [2.24, 2.45) is 0 Å². The lowest BCUT2D eigenvalue weighted by Crippen LogP contribution is -2.27. The van der Waals surface area contributed by atoms with E-state index in [-0.39, 0.29) is 5.91 Å². The third-order valence-corrected chi connectivity index (χ3v) is 3.82. The van der Waals surface area contributed by atoms with E-state index in [4.69, 9.17) is 0 Å². The lowest BCUT2D eigenvalue weighted by molar-refractivity contribution is 0.0783. The van der Waals surface area contributed by atoms with Crippen molar-refractivity contribution in [3.05, 3.63) is 59.4 Å². The molecule has 3 heterocycles. The molecule has 0 aliphatic carbocycles. The number of hydrogen-bond donors (Lipinski definition) is 1. The molecule has 24 heavy (non-hydrogen) atoms. The Hall–Kier alpha value is -3.09. The number of aromatic amines is 1. The fraction of sp³-hybridized carbons (Fsp3) is 0.235. The Labute approximate surface area is 139 Å². The molecule has 1 amide bonds. The SMILES string of the molecule is Cc1nc(-c2cccnc2)ncc1C(=O)N(C)Cc1cn[nH]c1C. The quantitative estimate of drug-likeness (QED) is 0.795. The zero-order valence-corrected chi connectivity index (χ0v) is 13.8. The molecule has 7 heteroatoms. The molecule has 7 nitrogen and oxygen atoms in total. The van der Waals surface area contributed by atoms with Crippen LogP contribution in [0.2, 0.25) is 0 Å². The first-order valence-electron chi connectivity index (χ1n) is 7.54. The van der Waals surface area contributed by atoms with Crippen molar-refractivity contribution >= 4 is 5.91 Å². The molecule has 3 aromatic heterocycles. The molecule has 0 atom stereocenters. The fourth-order valence-electron chi connectivity index (χ4n) is 2.38. The molecular formula is C17H18N6O. The van der Waals surface area contributed by atoms with Gasteiger partial charge in [-0.15, -0.1) is 0 Å². The molecule has 3 rings (SSSR count). The molecule has 122 valence electrons. The Morgan fingerprint density at radius 2 is 2.08 bits per heavy atom. The second-order valence-corrected chi connectivity index (χ2v) is 5.62. The van der Waals surface area contributed by atoms with E-state index in [0.717, 1.165) is 16.8 Å². The largest absolute Gasteiger partial charge is 0.337 e.